The molecule has 2 rings (SSSR count). The Hall–Kier alpha value is -2.07. The van der Waals surface area contributed by atoms with E-state index in [-0.39, 0.29) is 5.91 Å². The molecule has 2 aromatic rings. The topological polar surface area (TPSA) is 45.5 Å². The zero-order chi connectivity index (χ0) is 16.7. The van der Waals surface area contributed by atoms with Crippen molar-refractivity contribution in [2.45, 2.75) is 33.4 Å². The summed E-state index contributed by atoms with van der Waals surface area (Å²) < 4.78 is 5.22. The van der Waals surface area contributed by atoms with Crippen LogP contribution in [0.1, 0.15) is 41.9 Å². The second-order valence-electron chi connectivity index (χ2n) is 6.38. The van der Waals surface area contributed by atoms with Gasteiger partial charge in [-0.25, -0.2) is 0 Å². The summed E-state index contributed by atoms with van der Waals surface area (Å²) in [6.07, 6.45) is 2.79. The molecule has 0 aliphatic heterocycles. The first-order valence-electron chi connectivity index (χ1n) is 8.12. The van der Waals surface area contributed by atoms with Crippen molar-refractivity contribution in [2.24, 2.45) is 5.92 Å². The molecule has 1 amide bonds. The van der Waals surface area contributed by atoms with Crippen LogP contribution >= 0.6 is 0 Å². The van der Waals surface area contributed by atoms with Gasteiger partial charge in [0.05, 0.1) is 12.8 Å². The van der Waals surface area contributed by atoms with Crippen molar-refractivity contribution < 1.29 is 9.21 Å². The van der Waals surface area contributed by atoms with Crippen LogP contribution in [0.15, 0.2) is 47.1 Å². The van der Waals surface area contributed by atoms with Gasteiger partial charge < -0.3 is 14.6 Å². The number of nitrogens with one attached hydrogen (secondary N) is 1. The number of furan rings is 1. The molecule has 0 aliphatic carbocycles. The lowest BCUT2D eigenvalue weighted by Crippen LogP contribution is -2.23. The molecule has 1 heterocycles. The number of nitrogens with zero attached hydrogens (tertiary/aromatic N) is 1. The number of rotatable bonds is 8. The highest BCUT2D eigenvalue weighted by molar-refractivity contribution is 5.94. The van der Waals surface area contributed by atoms with E-state index in [1.807, 2.05) is 30.3 Å². The van der Waals surface area contributed by atoms with Gasteiger partial charge in [0, 0.05) is 12.1 Å². The largest absolute Gasteiger partial charge is 0.467 e. The zero-order valence-electron chi connectivity index (χ0n) is 14.2. The Morgan fingerprint density at radius 1 is 1.26 bits per heavy atom. The lowest BCUT2D eigenvalue weighted by Gasteiger charge is -2.18. The monoisotopic (exact) mass is 314 g/mol. The van der Waals surface area contributed by atoms with Crippen molar-refractivity contribution in [2.75, 3.05) is 13.6 Å². The summed E-state index contributed by atoms with van der Waals surface area (Å²) in [5.74, 6) is 1.38. The second-order valence-corrected chi connectivity index (χ2v) is 6.38. The third-order valence-electron chi connectivity index (χ3n) is 3.73. The van der Waals surface area contributed by atoms with E-state index >= 15 is 0 Å². The Kier molecular flexibility index (Phi) is 6.41. The molecule has 23 heavy (non-hydrogen) atoms. The predicted molar refractivity (Wildman–Crippen MR) is 92.1 cm³/mol. The fourth-order valence-electron chi connectivity index (χ4n) is 2.36. The molecule has 0 radical (unpaired) electrons. The van der Waals surface area contributed by atoms with Crippen molar-refractivity contribution in [1.82, 2.24) is 10.2 Å². The molecule has 0 saturated carbocycles. The number of benzene rings is 1. The number of carbonyl (C=O) groups excluding carboxylic acids is 1. The fraction of sp³-hybridized carbons (Fsp3) is 0.421. The normalized spacial score (nSPS) is 11.2. The van der Waals surface area contributed by atoms with Crippen LogP contribution in [0.4, 0.5) is 0 Å². The Labute approximate surface area is 138 Å². The van der Waals surface area contributed by atoms with Gasteiger partial charge in [0.15, 0.2) is 0 Å². The molecular weight excluding hydrogens is 288 g/mol. The molecule has 4 nitrogen and oxygen atoms in total. The Morgan fingerprint density at radius 2 is 2.09 bits per heavy atom. The van der Waals surface area contributed by atoms with Gasteiger partial charge in [-0.3, -0.25) is 4.79 Å². The average molecular weight is 314 g/mol. The van der Waals surface area contributed by atoms with Gasteiger partial charge in [-0.1, -0.05) is 26.0 Å². The van der Waals surface area contributed by atoms with Crippen molar-refractivity contribution in [1.29, 1.82) is 0 Å². The summed E-state index contributed by atoms with van der Waals surface area (Å²) >= 11 is 0. The lowest BCUT2D eigenvalue weighted by atomic mass is 10.1. The molecular formula is C19H26N2O2. The van der Waals surface area contributed by atoms with E-state index in [1.54, 1.807) is 6.26 Å². The van der Waals surface area contributed by atoms with Crippen molar-refractivity contribution in [3.05, 3.63) is 59.5 Å². The van der Waals surface area contributed by atoms with Crippen LogP contribution in [-0.2, 0) is 13.1 Å². The van der Waals surface area contributed by atoms with E-state index in [0.717, 1.165) is 24.4 Å². The first-order chi connectivity index (χ1) is 11.0. The van der Waals surface area contributed by atoms with E-state index in [2.05, 4.69) is 37.2 Å². The fourth-order valence-corrected chi connectivity index (χ4v) is 2.36. The van der Waals surface area contributed by atoms with Crippen LogP contribution in [0.25, 0.3) is 0 Å². The zero-order valence-corrected chi connectivity index (χ0v) is 14.2. The first kappa shape index (κ1) is 17.3. The smallest absolute Gasteiger partial charge is 0.251 e. The highest BCUT2D eigenvalue weighted by atomic mass is 16.3. The lowest BCUT2D eigenvalue weighted by molar-refractivity contribution is 0.0948. The van der Waals surface area contributed by atoms with E-state index < -0.39 is 0 Å². The Morgan fingerprint density at radius 3 is 2.78 bits per heavy atom. The van der Waals surface area contributed by atoms with Gasteiger partial charge in [-0.2, -0.15) is 0 Å². The molecule has 124 valence electrons. The van der Waals surface area contributed by atoms with Crippen LogP contribution in [0, 0.1) is 5.92 Å². The number of hydrogen-bond acceptors (Lipinski definition) is 3. The highest BCUT2D eigenvalue weighted by Gasteiger charge is 2.08. The summed E-state index contributed by atoms with van der Waals surface area (Å²) in [5, 5.41) is 2.88. The Balaban J connectivity index is 1.89. The summed E-state index contributed by atoms with van der Waals surface area (Å²) in [7, 11) is 2.12. The Bertz CT molecular complexity index is 606. The summed E-state index contributed by atoms with van der Waals surface area (Å²) in [6.45, 7) is 6.79. The first-order valence-corrected chi connectivity index (χ1v) is 8.12. The number of amides is 1. The molecule has 1 N–H and O–H groups in total. The summed E-state index contributed by atoms with van der Waals surface area (Å²) in [5.41, 5.74) is 1.84. The van der Waals surface area contributed by atoms with Crippen LogP contribution in [0.5, 0.6) is 0 Å². The van der Waals surface area contributed by atoms with E-state index in [1.165, 1.54) is 6.42 Å². The van der Waals surface area contributed by atoms with Crippen molar-refractivity contribution in [3.63, 3.8) is 0 Å². The molecule has 0 saturated heterocycles. The molecule has 1 aromatic heterocycles. The molecule has 0 unspecified atom stereocenters. The minimum absolute atomic E-state index is 0.0758. The van der Waals surface area contributed by atoms with Crippen LogP contribution in [0.2, 0.25) is 0 Å². The number of hydrogen-bond donors (Lipinski definition) is 1. The maximum Gasteiger partial charge on any atom is 0.251 e. The highest BCUT2D eigenvalue weighted by Crippen LogP contribution is 2.10. The van der Waals surface area contributed by atoms with Crippen LogP contribution in [0.3, 0.4) is 0 Å². The summed E-state index contributed by atoms with van der Waals surface area (Å²) in [4.78, 5) is 14.5. The number of carbonyl (C=O) groups is 1. The van der Waals surface area contributed by atoms with Gasteiger partial charge in [0.25, 0.3) is 5.91 Å². The van der Waals surface area contributed by atoms with Gasteiger partial charge in [0.2, 0.25) is 0 Å². The van der Waals surface area contributed by atoms with Crippen LogP contribution in [-0.4, -0.2) is 24.4 Å². The molecule has 0 bridgehead atoms. The summed E-state index contributed by atoms with van der Waals surface area (Å²) in [6, 6.07) is 11.5. The minimum atomic E-state index is -0.0758. The molecule has 0 fully saturated rings. The third-order valence-corrected chi connectivity index (χ3v) is 3.73. The molecule has 0 aliphatic rings. The van der Waals surface area contributed by atoms with Crippen molar-refractivity contribution >= 4 is 5.91 Å². The molecule has 0 spiro atoms. The standard InChI is InChI=1S/C19H26N2O2/c1-15(2)9-10-21(3)14-16-6-4-7-17(12-16)19(22)20-13-18-8-5-11-23-18/h4-8,11-12,15H,9-10,13-14H2,1-3H3,(H,20,22). The van der Waals surface area contributed by atoms with Gasteiger partial charge in [-0.15, -0.1) is 0 Å². The second kappa shape index (κ2) is 8.53. The minimum Gasteiger partial charge on any atom is -0.467 e. The maximum atomic E-state index is 12.2. The van der Waals surface area contributed by atoms with Gasteiger partial charge in [-0.05, 0) is 55.8 Å². The van der Waals surface area contributed by atoms with Crippen LogP contribution < -0.4 is 5.32 Å². The van der Waals surface area contributed by atoms with E-state index in [9.17, 15) is 4.79 Å². The molecule has 0 atom stereocenters. The van der Waals surface area contributed by atoms with Gasteiger partial charge in [0.1, 0.15) is 5.76 Å². The van der Waals surface area contributed by atoms with Crippen molar-refractivity contribution in [3.8, 4) is 0 Å². The maximum absolute atomic E-state index is 12.2. The molecule has 4 heteroatoms. The quantitative estimate of drug-likeness (QED) is 0.808. The third kappa shape index (κ3) is 5.91. The van der Waals surface area contributed by atoms with Gasteiger partial charge >= 0.3 is 0 Å². The average Bonchev–Trinajstić information content (AvgIpc) is 3.04. The van der Waals surface area contributed by atoms with E-state index in [4.69, 9.17) is 4.42 Å². The van der Waals surface area contributed by atoms with E-state index in [0.29, 0.717) is 18.0 Å². The SMILES string of the molecule is CC(C)CCN(C)Cc1cccc(C(=O)NCc2ccco2)c1. The predicted octanol–water partition coefficient (Wildman–Crippen LogP) is 3.69. The molecule has 1 aromatic carbocycles.